The quantitative estimate of drug-likeness (QED) is 0.927. The van der Waals surface area contributed by atoms with Crippen molar-refractivity contribution >= 4 is 21.8 Å². The van der Waals surface area contributed by atoms with Gasteiger partial charge in [-0.3, -0.25) is 4.79 Å². The molecular weight excluding hydrogens is 304 g/mol. The summed E-state index contributed by atoms with van der Waals surface area (Å²) in [7, 11) is 0. The van der Waals surface area contributed by atoms with E-state index in [1.54, 1.807) is 0 Å². The second kappa shape index (κ2) is 5.63. The van der Waals surface area contributed by atoms with E-state index in [0.717, 1.165) is 23.9 Å². The van der Waals surface area contributed by atoms with E-state index >= 15 is 0 Å². The minimum Gasteiger partial charge on any atom is -0.334 e. The largest absolute Gasteiger partial charge is 0.334 e. The van der Waals surface area contributed by atoms with E-state index in [0.29, 0.717) is 6.42 Å². The van der Waals surface area contributed by atoms with Gasteiger partial charge in [0.25, 0.3) is 0 Å². The number of halogens is 1. The van der Waals surface area contributed by atoms with Crippen molar-refractivity contribution in [2.24, 2.45) is 5.73 Å². The number of carbonyl (C=O) groups is 1. The van der Waals surface area contributed by atoms with Crippen LogP contribution in [-0.4, -0.2) is 22.9 Å². The van der Waals surface area contributed by atoms with Gasteiger partial charge < -0.3 is 10.6 Å². The van der Waals surface area contributed by atoms with Crippen LogP contribution in [-0.2, 0) is 4.79 Å². The predicted molar refractivity (Wildman–Crippen MR) is 80.7 cm³/mol. The second-order valence-corrected chi connectivity index (χ2v) is 6.40. The van der Waals surface area contributed by atoms with Crippen molar-refractivity contribution in [1.82, 2.24) is 4.90 Å². The van der Waals surface area contributed by atoms with E-state index in [4.69, 9.17) is 5.73 Å². The molecule has 1 aliphatic rings. The third-order valence-electron chi connectivity index (χ3n) is 3.97. The fourth-order valence-corrected chi connectivity index (χ4v) is 2.97. The third-order valence-corrected chi connectivity index (χ3v) is 4.46. The van der Waals surface area contributed by atoms with Gasteiger partial charge in [-0.2, -0.15) is 0 Å². The Bertz CT molecular complexity index is 473. The summed E-state index contributed by atoms with van der Waals surface area (Å²) in [6.45, 7) is 4.59. The van der Waals surface area contributed by atoms with E-state index in [-0.39, 0.29) is 11.9 Å². The first-order valence-electron chi connectivity index (χ1n) is 6.81. The van der Waals surface area contributed by atoms with Crippen LogP contribution in [0, 0.1) is 0 Å². The highest BCUT2D eigenvalue weighted by Gasteiger charge is 2.37. The average Bonchev–Trinajstić information content (AvgIpc) is 2.86. The number of nitrogens with two attached hydrogens (primary N) is 1. The Balaban J connectivity index is 2.24. The Labute approximate surface area is 123 Å². The molecule has 1 aliphatic heterocycles. The molecule has 3 nitrogen and oxygen atoms in total. The van der Waals surface area contributed by atoms with Crippen LogP contribution in [0.5, 0.6) is 0 Å². The molecule has 1 aromatic rings. The van der Waals surface area contributed by atoms with Crippen molar-refractivity contribution in [1.29, 1.82) is 0 Å². The Morgan fingerprint density at radius 2 is 2.32 bits per heavy atom. The molecule has 4 heteroatoms. The van der Waals surface area contributed by atoms with Gasteiger partial charge >= 0.3 is 0 Å². The van der Waals surface area contributed by atoms with Crippen molar-refractivity contribution in [3.8, 4) is 0 Å². The summed E-state index contributed by atoms with van der Waals surface area (Å²) in [6, 6.07) is 8.36. The molecule has 2 unspecified atom stereocenters. The summed E-state index contributed by atoms with van der Waals surface area (Å²) in [6.07, 6.45) is 2.72. The summed E-state index contributed by atoms with van der Waals surface area (Å²) >= 11 is 3.49. The SMILES string of the molecule is CCC(C)(N)C(=O)N1CCCC1c1cccc(Br)c1. The fraction of sp³-hybridized carbons (Fsp3) is 0.533. The predicted octanol–water partition coefficient (Wildman–Crippen LogP) is 3.24. The molecule has 2 N–H and O–H groups in total. The lowest BCUT2D eigenvalue weighted by molar-refractivity contribution is -0.137. The molecule has 1 fully saturated rings. The summed E-state index contributed by atoms with van der Waals surface area (Å²) in [5.41, 5.74) is 6.54. The molecule has 2 rings (SSSR count). The number of carbonyl (C=O) groups excluding carboxylic acids is 1. The number of rotatable bonds is 3. The molecule has 0 aromatic heterocycles. The summed E-state index contributed by atoms with van der Waals surface area (Å²) in [4.78, 5) is 14.5. The van der Waals surface area contributed by atoms with Crippen LogP contribution in [0.15, 0.2) is 28.7 Å². The maximum Gasteiger partial charge on any atom is 0.242 e. The van der Waals surface area contributed by atoms with Crippen molar-refractivity contribution < 1.29 is 4.79 Å². The second-order valence-electron chi connectivity index (χ2n) is 5.48. The number of hydrogen-bond acceptors (Lipinski definition) is 2. The van der Waals surface area contributed by atoms with Gasteiger partial charge in [0.2, 0.25) is 5.91 Å². The smallest absolute Gasteiger partial charge is 0.242 e. The normalized spacial score (nSPS) is 22.3. The highest BCUT2D eigenvalue weighted by molar-refractivity contribution is 9.10. The molecule has 2 atom stereocenters. The molecule has 1 saturated heterocycles. The molecular formula is C15H21BrN2O. The first-order chi connectivity index (χ1) is 8.95. The van der Waals surface area contributed by atoms with Gasteiger partial charge in [0.15, 0.2) is 0 Å². The summed E-state index contributed by atoms with van der Waals surface area (Å²) in [5, 5.41) is 0. The van der Waals surface area contributed by atoms with E-state index < -0.39 is 5.54 Å². The van der Waals surface area contributed by atoms with Crippen molar-refractivity contribution in [3.63, 3.8) is 0 Å². The minimum absolute atomic E-state index is 0.0671. The van der Waals surface area contributed by atoms with Gasteiger partial charge in [-0.1, -0.05) is 35.0 Å². The van der Waals surface area contributed by atoms with Crippen molar-refractivity contribution in [3.05, 3.63) is 34.3 Å². The van der Waals surface area contributed by atoms with Crippen molar-refractivity contribution in [2.75, 3.05) is 6.54 Å². The highest BCUT2D eigenvalue weighted by Crippen LogP contribution is 2.34. The molecule has 104 valence electrons. The zero-order chi connectivity index (χ0) is 14.0. The van der Waals surface area contributed by atoms with E-state index in [1.165, 1.54) is 5.56 Å². The minimum atomic E-state index is -0.755. The maximum absolute atomic E-state index is 12.6. The van der Waals surface area contributed by atoms with Crippen LogP contribution in [0.1, 0.15) is 44.7 Å². The van der Waals surface area contributed by atoms with Gasteiger partial charge in [0, 0.05) is 11.0 Å². The molecule has 0 radical (unpaired) electrons. The summed E-state index contributed by atoms with van der Waals surface area (Å²) in [5.74, 6) is 0.0671. The first-order valence-corrected chi connectivity index (χ1v) is 7.60. The Morgan fingerprint density at radius 1 is 1.58 bits per heavy atom. The van der Waals surface area contributed by atoms with Crippen LogP contribution >= 0.6 is 15.9 Å². The maximum atomic E-state index is 12.6. The molecule has 1 heterocycles. The standard InChI is InChI=1S/C15H21BrN2O/c1-3-15(2,17)14(19)18-9-5-8-13(18)11-6-4-7-12(16)10-11/h4,6-7,10,13H,3,5,8-9,17H2,1-2H3. The molecule has 0 saturated carbocycles. The lowest BCUT2D eigenvalue weighted by Crippen LogP contribution is -2.52. The molecule has 19 heavy (non-hydrogen) atoms. The van der Waals surface area contributed by atoms with Gasteiger partial charge in [-0.15, -0.1) is 0 Å². The van der Waals surface area contributed by atoms with E-state index in [9.17, 15) is 4.79 Å². The van der Waals surface area contributed by atoms with Gasteiger partial charge in [0.05, 0.1) is 11.6 Å². The van der Waals surface area contributed by atoms with Gasteiger partial charge in [-0.25, -0.2) is 0 Å². The lowest BCUT2D eigenvalue weighted by Gasteiger charge is -2.32. The fourth-order valence-electron chi connectivity index (χ4n) is 2.55. The number of nitrogens with zero attached hydrogens (tertiary/aromatic N) is 1. The third kappa shape index (κ3) is 3.00. The molecule has 1 amide bonds. The lowest BCUT2D eigenvalue weighted by atomic mass is 9.97. The zero-order valence-electron chi connectivity index (χ0n) is 11.5. The van der Waals surface area contributed by atoms with Gasteiger partial charge in [-0.05, 0) is 43.9 Å². The Hall–Kier alpha value is -0.870. The topological polar surface area (TPSA) is 46.3 Å². The van der Waals surface area contributed by atoms with Crippen LogP contribution in [0.2, 0.25) is 0 Å². The average molecular weight is 325 g/mol. The molecule has 0 bridgehead atoms. The highest BCUT2D eigenvalue weighted by atomic mass is 79.9. The van der Waals surface area contributed by atoms with Gasteiger partial charge in [0.1, 0.15) is 0 Å². The zero-order valence-corrected chi connectivity index (χ0v) is 13.1. The number of hydrogen-bond donors (Lipinski definition) is 1. The monoisotopic (exact) mass is 324 g/mol. The van der Waals surface area contributed by atoms with E-state index in [1.807, 2.05) is 30.9 Å². The van der Waals surface area contributed by atoms with Crippen LogP contribution in [0.4, 0.5) is 0 Å². The Morgan fingerprint density at radius 3 is 2.95 bits per heavy atom. The first kappa shape index (κ1) is 14.5. The van der Waals surface area contributed by atoms with Crippen molar-refractivity contribution in [2.45, 2.75) is 44.7 Å². The molecule has 0 spiro atoms. The number of amides is 1. The molecule has 1 aromatic carbocycles. The van der Waals surface area contributed by atoms with Crippen LogP contribution < -0.4 is 5.73 Å². The summed E-state index contributed by atoms with van der Waals surface area (Å²) < 4.78 is 1.05. The van der Waals surface area contributed by atoms with Crippen LogP contribution in [0.25, 0.3) is 0 Å². The number of benzene rings is 1. The van der Waals surface area contributed by atoms with Crippen LogP contribution in [0.3, 0.4) is 0 Å². The van der Waals surface area contributed by atoms with E-state index in [2.05, 4.69) is 28.1 Å². The number of likely N-dealkylation sites (tertiary alicyclic amines) is 1. The Kier molecular flexibility index (Phi) is 4.31. The molecule has 0 aliphatic carbocycles.